The molecule has 0 radical (unpaired) electrons. The van der Waals surface area contributed by atoms with Crippen LogP contribution >= 0.6 is 0 Å². The minimum absolute atomic E-state index is 0.0299. The van der Waals surface area contributed by atoms with Crippen molar-refractivity contribution in [1.82, 2.24) is 24.6 Å². The van der Waals surface area contributed by atoms with E-state index in [1.54, 1.807) is 10.7 Å². The van der Waals surface area contributed by atoms with Crippen LogP contribution < -0.4 is 5.32 Å². The Kier molecular flexibility index (Phi) is 8.45. The zero-order valence-corrected chi connectivity index (χ0v) is 24.3. The maximum absolute atomic E-state index is 13.8. The van der Waals surface area contributed by atoms with E-state index in [1.165, 1.54) is 12.4 Å². The van der Waals surface area contributed by atoms with E-state index in [2.05, 4.69) is 25.3 Å². The molecule has 2 aromatic carbocycles. The zero-order valence-electron chi connectivity index (χ0n) is 24.3. The summed E-state index contributed by atoms with van der Waals surface area (Å²) in [6.45, 7) is 9.44. The van der Waals surface area contributed by atoms with E-state index in [4.69, 9.17) is 0 Å². The van der Waals surface area contributed by atoms with Crippen LogP contribution in [0.15, 0.2) is 54.9 Å². The molecule has 1 N–H and O–H groups in total. The Hall–Kier alpha value is -4.05. The lowest BCUT2D eigenvalue weighted by Gasteiger charge is -2.25. The van der Waals surface area contributed by atoms with Crippen LogP contribution in [-0.4, -0.2) is 43.5 Å². The molecule has 42 heavy (non-hydrogen) atoms. The lowest BCUT2D eigenvalue weighted by molar-refractivity contribution is -0.137. The highest BCUT2D eigenvalue weighted by atomic mass is 19.4. The topological polar surface area (TPSA) is 75.9 Å². The van der Waals surface area contributed by atoms with Crippen LogP contribution in [-0.2, 0) is 19.0 Å². The third-order valence-corrected chi connectivity index (χ3v) is 7.82. The highest BCUT2D eigenvalue weighted by Crippen LogP contribution is 2.34. The molecule has 1 aliphatic heterocycles. The van der Waals surface area contributed by atoms with Crippen molar-refractivity contribution in [3.05, 3.63) is 94.1 Å². The molecule has 5 rings (SSSR count). The lowest BCUT2D eigenvalue weighted by atomic mass is 9.95. The molecule has 7 nitrogen and oxygen atoms in total. The lowest BCUT2D eigenvalue weighted by Crippen LogP contribution is -2.24. The van der Waals surface area contributed by atoms with Gasteiger partial charge in [0.2, 0.25) is 0 Å². The number of nitrogens with zero attached hydrogens (tertiary/aromatic N) is 5. The van der Waals surface area contributed by atoms with Crippen LogP contribution in [0.4, 0.5) is 24.7 Å². The minimum atomic E-state index is -4.54. The van der Waals surface area contributed by atoms with Crippen molar-refractivity contribution in [2.75, 3.05) is 18.4 Å². The van der Waals surface area contributed by atoms with Crippen LogP contribution in [0.1, 0.15) is 76.7 Å². The van der Waals surface area contributed by atoms with Gasteiger partial charge in [-0.2, -0.15) is 23.0 Å². The summed E-state index contributed by atoms with van der Waals surface area (Å²) in [5.74, 6) is 0.961. The van der Waals surface area contributed by atoms with Crippen LogP contribution in [0.5, 0.6) is 0 Å². The number of carbonyl (C=O) groups is 1. The number of aromatic nitrogens is 4. The summed E-state index contributed by atoms with van der Waals surface area (Å²) >= 11 is 0. The van der Waals surface area contributed by atoms with Crippen molar-refractivity contribution in [1.29, 1.82) is 0 Å². The number of alkyl halides is 3. The Labute approximate surface area is 243 Å². The second kappa shape index (κ2) is 12.1. The first-order valence-corrected chi connectivity index (χ1v) is 14.3. The van der Waals surface area contributed by atoms with E-state index in [1.807, 2.05) is 58.0 Å². The molecule has 3 heterocycles. The van der Waals surface area contributed by atoms with Gasteiger partial charge in [0, 0.05) is 41.5 Å². The van der Waals surface area contributed by atoms with E-state index in [0.29, 0.717) is 22.8 Å². The van der Waals surface area contributed by atoms with Gasteiger partial charge in [-0.3, -0.25) is 9.69 Å². The fraction of sp³-hybridized carbons (Fsp3) is 0.375. The summed E-state index contributed by atoms with van der Waals surface area (Å²) in [5.41, 5.74) is 3.88. The molecule has 2 aromatic heterocycles. The molecule has 0 unspecified atom stereocenters. The Morgan fingerprint density at radius 3 is 2.50 bits per heavy atom. The standard InChI is InChI=1S/C32H35F3N6O/c1-5-27-18-30(37-19-36-27)41-31(12-21(3)39-41)38-28-13-23(9-8-20(28)2)14-29(42)25-15-24(16-26(17-25)32(33,34)35)22(4)40-10-6-7-11-40/h8-9,12-13,15-19,22,38H,5-7,10-11,14H2,1-4H3/t22-/m0/s1. The summed E-state index contributed by atoms with van der Waals surface area (Å²) in [5, 5.41) is 8.00. The Morgan fingerprint density at radius 1 is 1.02 bits per heavy atom. The fourth-order valence-electron chi connectivity index (χ4n) is 5.35. The van der Waals surface area contributed by atoms with Gasteiger partial charge < -0.3 is 5.32 Å². The average Bonchev–Trinajstić information content (AvgIpc) is 3.64. The largest absolute Gasteiger partial charge is 0.416 e. The number of halogens is 3. The van der Waals surface area contributed by atoms with Gasteiger partial charge in [-0.25, -0.2) is 9.97 Å². The first kappa shape index (κ1) is 29.4. The molecular formula is C32H35F3N6O. The first-order chi connectivity index (χ1) is 20.0. The molecule has 1 atom stereocenters. The predicted octanol–water partition coefficient (Wildman–Crippen LogP) is 7.19. The molecule has 0 spiro atoms. The van der Waals surface area contributed by atoms with Gasteiger partial charge in [-0.05, 0) is 94.1 Å². The second-order valence-corrected chi connectivity index (χ2v) is 10.9. The van der Waals surface area contributed by atoms with E-state index in [0.717, 1.165) is 61.1 Å². The van der Waals surface area contributed by atoms with Crippen LogP contribution in [0.25, 0.3) is 5.82 Å². The highest BCUT2D eigenvalue weighted by Gasteiger charge is 2.33. The van der Waals surface area contributed by atoms with Crippen molar-refractivity contribution in [2.45, 2.75) is 65.6 Å². The van der Waals surface area contributed by atoms with Gasteiger partial charge in [0.25, 0.3) is 0 Å². The predicted molar refractivity (Wildman–Crippen MR) is 156 cm³/mol. The van der Waals surface area contributed by atoms with E-state index < -0.39 is 11.7 Å². The van der Waals surface area contributed by atoms with Crippen LogP contribution in [0.2, 0.25) is 0 Å². The number of nitrogens with one attached hydrogen (secondary N) is 1. The van der Waals surface area contributed by atoms with E-state index in [-0.39, 0.29) is 23.8 Å². The smallest absolute Gasteiger partial charge is 0.340 e. The number of likely N-dealkylation sites (tertiary alicyclic amines) is 1. The molecule has 10 heteroatoms. The van der Waals surface area contributed by atoms with Crippen LogP contribution in [0.3, 0.4) is 0 Å². The third-order valence-electron chi connectivity index (χ3n) is 7.82. The number of hydrogen-bond donors (Lipinski definition) is 1. The van der Waals surface area contributed by atoms with Crippen LogP contribution in [0, 0.1) is 13.8 Å². The molecule has 4 aromatic rings. The molecule has 1 saturated heterocycles. The second-order valence-electron chi connectivity index (χ2n) is 10.9. The number of carbonyl (C=O) groups excluding carboxylic acids is 1. The third kappa shape index (κ3) is 6.54. The summed E-state index contributed by atoms with van der Waals surface area (Å²) in [4.78, 5) is 24.2. The highest BCUT2D eigenvalue weighted by molar-refractivity contribution is 5.98. The SMILES string of the molecule is CCc1cc(-n2nc(C)cc2Nc2cc(CC(=O)c3cc([C@H](C)N4CCCC4)cc(C(F)(F)F)c3)ccc2C)ncn1. The normalized spacial score (nSPS) is 14.7. The van der Waals surface area contributed by atoms with Crippen molar-refractivity contribution in [2.24, 2.45) is 0 Å². The maximum Gasteiger partial charge on any atom is 0.416 e. The summed E-state index contributed by atoms with van der Waals surface area (Å²) < 4.78 is 43.2. The number of benzene rings is 2. The van der Waals surface area contributed by atoms with E-state index >= 15 is 0 Å². The van der Waals surface area contributed by atoms with Gasteiger partial charge >= 0.3 is 6.18 Å². The molecule has 1 fully saturated rings. The van der Waals surface area contributed by atoms with Gasteiger partial charge in [-0.1, -0.05) is 19.1 Å². The number of Topliss-reactive ketones (excluding diaryl/α,β-unsaturated/α-hetero) is 1. The monoisotopic (exact) mass is 576 g/mol. The zero-order chi connectivity index (χ0) is 30.0. The Bertz CT molecular complexity index is 1590. The number of rotatable bonds is 9. The van der Waals surface area contributed by atoms with E-state index in [9.17, 15) is 18.0 Å². The minimum Gasteiger partial charge on any atom is -0.340 e. The summed E-state index contributed by atoms with van der Waals surface area (Å²) in [6, 6.07) is 13.0. The van der Waals surface area contributed by atoms with Gasteiger partial charge in [0.15, 0.2) is 11.6 Å². The van der Waals surface area contributed by atoms with Crippen molar-refractivity contribution in [3.63, 3.8) is 0 Å². The molecule has 0 amide bonds. The molecular weight excluding hydrogens is 541 g/mol. The molecule has 1 aliphatic rings. The summed E-state index contributed by atoms with van der Waals surface area (Å²) in [6.07, 6.45) is -0.247. The van der Waals surface area contributed by atoms with Gasteiger partial charge in [0.05, 0.1) is 11.3 Å². The number of aryl methyl sites for hydroxylation is 3. The Balaban J connectivity index is 1.41. The summed E-state index contributed by atoms with van der Waals surface area (Å²) in [7, 11) is 0. The van der Waals surface area contributed by atoms with Crippen molar-refractivity contribution >= 4 is 17.3 Å². The number of hydrogen-bond acceptors (Lipinski definition) is 6. The number of ketones is 1. The van der Waals surface area contributed by atoms with Crippen molar-refractivity contribution < 1.29 is 18.0 Å². The first-order valence-electron chi connectivity index (χ1n) is 14.3. The average molecular weight is 577 g/mol. The molecule has 220 valence electrons. The quantitative estimate of drug-likeness (QED) is 0.213. The van der Waals surface area contributed by atoms with Crippen molar-refractivity contribution in [3.8, 4) is 5.82 Å². The molecule has 0 bridgehead atoms. The van der Waals surface area contributed by atoms with Gasteiger partial charge in [-0.15, -0.1) is 0 Å². The fourth-order valence-corrected chi connectivity index (χ4v) is 5.35. The molecule has 0 aliphatic carbocycles. The Morgan fingerprint density at radius 2 is 1.79 bits per heavy atom. The number of anilines is 2. The molecule has 0 saturated carbocycles. The van der Waals surface area contributed by atoms with Gasteiger partial charge in [0.1, 0.15) is 12.1 Å². The maximum atomic E-state index is 13.8.